The molecule has 0 amide bonds. The highest BCUT2D eigenvalue weighted by Crippen LogP contribution is 2.29. The SMILES string of the molecule is C/C(=N/NS(=O)(=O)c1ccc(C)cc1)c1ccc(C(F)(F)F)cc1. The predicted molar refractivity (Wildman–Crippen MR) is 85.2 cm³/mol. The van der Waals surface area contributed by atoms with Crippen LogP contribution in [0.2, 0.25) is 0 Å². The van der Waals surface area contributed by atoms with E-state index in [1.54, 1.807) is 12.1 Å². The Hall–Kier alpha value is -2.35. The fourth-order valence-electron chi connectivity index (χ4n) is 1.86. The maximum atomic E-state index is 12.5. The molecule has 0 saturated heterocycles. The number of aryl methyl sites for hydroxylation is 1. The Morgan fingerprint density at radius 2 is 1.54 bits per heavy atom. The van der Waals surface area contributed by atoms with Gasteiger partial charge in [0.05, 0.1) is 16.2 Å². The molecule has 0 radical (unpaired) electrons. The minimum atomic E-state index is -4.42. The topological polar surface area (TPSA) is 58.5 Å². The lowest BCUT2D eigenvalue weighted by Gasteiger charge is -2.08. The van der Waals surface area contributed by atoms with Crippen molar-refractivity contribution in [1.82, 2.24) is 4.83 Å². The average molecular weight is 356 g/mol. The molecule has 0 bridgehead atoms. The van der Waals surface area contributed by atoms with Gasteiger partial charge in [0.1, 0.15) is 0 Å². The zero-order chi connectivity index (χ0) is 18.0. The molecule has 128 valence electrons. The van der Waals surface area contributed by atoms with Crippen molar-refractivity contribution in [3.05, 3.63) is 65.2 Å². The third-order valence-corrected chi connectivity index (χ3v) is 4.52. The maximum Gasteiger partial charge on any atom is 0.416 e. The van der Waals surface area contributed by atoms with Gasteiger partial charge in [-0.3, -0.25) is 0 Å². The van der Waals surface area contributed by atoms with Gasteiger partial charge in [0.2, 0.25) is 0 Å². The second kappa shape index (κ2) is 6.64. The first-order valence-corrected chi connectivity index (χ1v) is 8.38. The predicted octanol–water partition coefficient (Wildman–Crippen LogP) is 3.72. The molecule has 0 aromatic heterocycles. The number of hydrogen-bond donors (Lipinski definition) is 1. The van der Waals surface area contributed by atoms with Crippen LogP contribution in [0.4, 0.5) is 13.2 Å². The Balaban J connectivity index is 2.17. The molecule has 0 heterocycles. The molecule has 24 heavy (non-hydrogen) atoms. The van der Waals surface area contributed by atoms with Crippen molar-refractivity contribution in [3.8, 4) is 0 Å². The molecule has 0 aliphatic rings. The van der Waals surface area contributed by atoms with Gasteiger partial charge >= 0.3 is 6.18 Å². The van der Waals surface area contributed by atoms with E-state index in [9.17, 15) is 21.6 Å². The highest BCUT2D eigenvalue weighted by molar-refractivity contribution is 7.89. The van der Waals surface area contributed by atoms with Crippen LogP contribution in [-0.4, -0.2) is 14.1 Å². The molecule has 0 saturated carbocycles. The number of nitrogens with zero attached hydrogens (tertiary/aromatic N) is 1. The zero-order valence-corrected chi connectivity index (χ0v) is 13.7. The van der Waals surface area contributed by atoms with E-state index in [0.717, 1.165) is 17.7 Å². The Bertz CT molecular complexity index is 840. The molecule has 2 rings (SSSR count). The van der Waals surface area contributed by atoms with Gasteiger partial charge in [0.25, 0.3) is 10.0 Å². The largest absolute Gasteiger partial charge is 0.416 e. The Labute approximate surface area is 138 Å². The number of rotatable bonds is 4. The van der Waals surface area contributed by atoms with Gasteiger partial charge < -0.3 is 0 Å². The summed E-state index contributed by atoms with van der Waals surface area (Å²) in [6, 6.07) is 10.5. The smallest absolute Gasteiger partial charge is 0.200 e. The van der Waals surface area contributed by atoms with Crippen LogP contribution in [0, 0.1) is 6.92 Å². The molecule has 0 aliphatic carbocycles. The number of hydrazone groups is 1. The minimum Gasteiger partial charge on any atom is -0.200 e. The second-order valence-electron chi connectivity index (χ2n) is 5.18. The Morgan fingerprint density at radius 1 is 1.00 bits per heavy atom. The van der Waals surface area contributed by atoms with E-state index >= 15 is 0 Å². The van der Waals surface area contributed by atoms with E-state index in [0.29, 0.717) is 5.56 Å². The number of benzene rings is 2. The molecule has 0 spiro atoms. The molecule has 8 heteroatoms. The van der Waals surface area contributed by atoms with Crippen molar-refractivity contribution in [2.45, 2.75) is 24.9 Å². The average Bonchev–Trinajstić information content (AvgIpc) is 2.52. The number of halogens is 3. The number of nitrogens with one attached hydrogen (secondary N) is 1. The molecule has 0 aliphatic heterocycles. The van der Waals surface area contributed by atoms with E-state index in [1.807, 2.05) is 6.92 Å². The lowest BCUT2D eigenvalue weighted by Crippen LogP contribution is -2.20. The third kappa shape index (κ3) is 4.35. The summed E-state index contributed by atoms with van der Waals surface area (Å²) in [5.74, 6) is 0. The minimum absolute atomic E-state index is 0.0528. The summed E-state index contributed by atoms with van der Waals surface area (Å²) in [6.45, 7) is 3.33. The van der Waals surface area contributed by atoms with Crippen LogP contribution in [0.5, 0.6) is 0 Å². The summed E-state index contributed by atoms with van der Waals surface area (Å²) in [5.41, 5.74) is 0.770. The van der Waals surface area contributed by atoms with Crippen molar-refractivity contribution in [2.24, 2.45) is 5.10 Å². The van der Waals surface area contributed by atoms with Crippen molar-refractivity contribution in [2.75, 3.05) is 0 Å². The Kier molecular flexibility index (Phi) is 4.98. The fraction of sp³-hybridized carbons (Fsp3) is 0.188. The second-order valence-corrected chi connectivity index (χ2v) is 6.84. The van der Waals surface area contributed by atoms with Gasteiger partial charge in [-0.15, -0.1) is 0 Å². The molecule has 4 nitrogen and oxygen atoms in total. The van der Waals surface area contributed by atoms with E-state index in [4.69, 9.17) is 0 Å². The van der Waals surface area contributed by atoms with E-state index < -0.39 is 21.8 Å². The van der Waals surface area contributed by atoms with Gasteiger partial charge in [-0.05, 0) is 43.7 Å². The van der Waals surface area contributed by atoms with Gasteiger partial charge in [0.15, 0.2) is 0 Å². The molecule has 1 N–H and O–H groups in total. The van der Waals surface area contributed by atoms with Crippen molar-refractivity contribution < 1.29 is 21.6 Å². The summed E-state index contributed by atoms with van der Waals surface area (Å²) in [4.78, 5) is 2.13. The summed E-state index contributed by atoms with van der Waals surface area (Å²) in [5, 5.41) is 3.75. The number of hydrogen-bond acceptors (Lipinski definition) is 3. The molecule has 0 unspecified atom stereocenters. The first-order valence-electron chi connectivity index (χ1n) is 6.90. The van der Waals surface area contributed by atoms with Crippen LogP contribution in [-0.2, 0) is 16.2 Å². The highest BCUT2D eigenvalue weighted by atomic mass is 32.2. The monoisotopic (exact) mass is 356 g/mol. The Morgan fingerprint density at radius 3 is 2.04 bits per heavy atom. The van der Waals surface area contributed by atoms with E-state index in [-0.39, 0.29) is 10.6 Å². The van der Waals surface area contributed by atoms with Gasteiger partial charge in [-0.25, -0.2) is 0 Å². The quantitative estimate of drug-likeness (QED) is 0.671. The lowest BCUT2D eigenvalue weighted by molar-refractivity contribution is -0.137. The van der Waals surface area contributed by atoms with Gasteiger partial charge in [-0.1, -0.05) is 29.8 Å². The normalized spacial score (nSPS) is 13.0. The van der Waals surface area contributed by atoms with Crippen molar-refractivity contribution in [3.63, 3.8) is 0 Å². The summed E-state index contributed by atoms with van der Waals surface area (Å²) >= 11 is 0. The summed E-state index contributed by atoms with van der Waals surface area (Å²) < 4.78 is 61.8. The first kappa shape index (κ1) is 18.0. The number of sulfonamides is 1. The molecule has 0 atom stereocenters. The van der Waals surface area contributed by atoms with Crippen LogP contribution in [0.1, 0.15) is 23.6 Å². The lowest BCUT2D eigenvalue weighted by atomic mass is 10.1. The van der Waals surface area contributed by atoms with Crippen LogP contribution in [0.3, 0.4) is 0 Å². The van der Waals surface area contributed by atoms with E-state index in [2.05, 4.69) is 9.93 Å². The van der Waals surface area contributed by atoms with Crippen LogP contribution >= 0.6 is 0 Å². The van der Waals surface area contributed by atoms with Crippen LogP contribution < -0.4 is 4.83 Å². The van der Waals surface area contributed by atoms with Gasteiger partial charge in [-0.2, -0.15) is 31.5 Å². The van der Waals surface area contributed by atoms with Crippen molar-refractivity contribution in [1.29, 1.82) is 0 Å². The third-order valence-electron chi connectivity index (χ3n) is 3.29. The number of alkyl halides is 3. The van der Waals surface area contributed by atoms with Crippen molar-refractivity contribution >= 4 is 15.7 Å². The fourth-order valence-corrected chi connectivity index (χ4v) is 2.72. The molecule has 0 fully saturated rings. The summed E-state index contributed by atoms with van der Waals surface area (Å²) in [7, 11) is -3.83. The maximum absolute atomic E-state index is 12.5. The molecular weight excluding hydrogens is 341 g/mol. The molecular formula is C16H15F3N2O2S. The van der Waals surface area contributed by atoms with Gasteiger partial charge in [0, 0.05) is 0 Å². The highest BCUT2D eigenvalue weighted by Gasteiger charge is 2.30. The molecule has 2 aromatic carbocycles. The van der Waals surface area contributed by atoms with E-state index in [1.165, 1.54) is 31.2 Å². The standard InChI is InChI=1S/C16H15F3N2O2S/c1-11-3-9-15(10-4-11)24(22,23)21-20-12(2)13-5-7-14(8-6-13)16(17,18)19/h3-10,21H,1-2H3/b20-12-. The van der Waals surface area contributed by atoms with Crippen LogP contribution in [0.25, 0.3) is 0 Å². The zero-order valence-electron chi connectivity index (χ0n) is 12.9. The van der Waals surface area contributed by atoms with Crippen LogP contribution in [0.15, 0.2) is 58.5 Å². The summed E-state index contributed by atoms with van der Waals surface area (Å²) in [6.07, 6.45) is -4.42. The first-order chi connectivity index (χ1) is 11.1. The molecule has 2 aromatic rings.